The Labute approximate surface area is 230 Å². The zero-order valence-corrected chi connectivity index (χ0v) is 22.8. The van der Waals surface area contributed by atoms with Crippen molar-refractivity contribution in [3.63, 3.8) is 0 Å². The lowest BCUT2D eigenvalue weighted by Gasteiger charge is -2.16. The van der Waals surface area contributed by atoms with Gasteiger partial charge < -0.3 is 15.4 Å². The van der Waals surface area contributed by atoms with Crippen LogP contribution in [0.4, 0.5) is 11.4 Å². The van der Waals surface area contributed by atoms with Crippen LogP contribution in [0.5, 0.6) is 0 Å². The topological polar surface area (TPSA) is 116 Å². The summed E-state index contributed by atoms with van der Waals surface area (Å²) in [5, 5.41) is 15.2. The van der Waals surface area contributed by atoms with Gasteiger partial charge in [-0.15, -0.1) is 0 Å². The summed E-state index contributed by atoms with van der Waals surface area (Å²) in [7, 11) is 1.89. The molecule has 0 fully saturated rings. The molecule has 0 aliphatic rings. The highest BCUT2D eigenvalue weighted by Gasteiger charge is 2.10. The average Bonchev–Trinajstić information content (AvgIpc) is 3.21. The number of carbonyl (C=O) groups excluding carboxylic acids is 2. The second-order valence-corrected chi connectivity index (χ2v) is 9.34. The zero-order chi connectivity index (χ0) is 28.2. The molecule has 0 saturated heterocycles. The maximum absolute atomic E-state index is 12.8. The van der Waals surface area contributed by atoms with Crippen LogP contribution >= 0.6 is 11.3 Å². The Kier molecular flexibility index (Phi) is 10.6. The number of aromatic nitrogens is 1. The summed E-state index contributed by atoms with van der Waals surface area (Å²) in [5.74, 6) is -0.927. The molecule has 1 amide bonds. The number of hydrogen-bond acceptors (Lipinski definition) is 8. The van der Waals surface area contributed by atoms with Crippen LogP contribution in [0.2, 0.25) is 0 Å². The van der Waals surface area contributed by atoms with E-state index in [2.05, 4.69) is 22.1 Å². The number of anilines is 2. The fraction of sp³-hybridized carbons (Fsp3) is 0.241. The molecular formula is C29H29N5O4S. The molecule has 39 heavy (non-hydrogen) atoms. The van der Waals surface area contributed by atoms with Gasteiger partial charge in [0.05, 0.1) is 13.2 Å². The minimum Gasteiger partial charge on any atom is -0.461 e. The van der Waals surface area contributed by atoms with Crippen molar-refractivity contribution in [1.29, 1.82) is 5.26 Å². The number of esters is 1. The molecule has 2 aromatic carbocycles. The monoisotopic (exact) mass is 543 g/mol. The van der Waals surface area contributed by atoms with Crippen molar-refractivity contribution in [3.05, 3.63) is 91.5 Å². The highest BCUT2D eigenvalue weighted by atomic mass is 32.1. The third-order valence-corrected chi connectivity index (χ3v) is 6.33. The summed E-state index contributed by atoms with van der Waals surface area (Å²) in [6.07, 6.45) is 1.49. The summed E-state index contributed by atoms with van der Waals surface area (Å²) in [6.45, 7) is 4.77. The van der Waals surface area contributed by atoms with E-state index >= 15 is 0 Å². The van der Waals surface area contributed by atoms with E-state index < -0.39 is 5.97 Å². The summed E-state index contributed by atoms with van der Waals surface area (Å²) >= 11 is 1.06. The quantitative estimate of drug-likeness (QED) is 0.229. The minimum atomic E-state index is -0.791. The maximum atomic E-state index is 12.8. The van der Waals surface area contributed by atoms with Gasteiger partial charge in [0.1, 0.15) is 15.3 Å². The number of ether oxygens (including phenoxy) is 1. The van der Waals surface area contributed by atoms with Crippen LogP contribution in [0.3, 0.4) is 0 Å². The van der Waals surface area contributed by atoms with Gasteiger partial charge in [-0.25, -0.2) is 4.79 Å². The lowest BCUT2D eigenvalue weighted by atomic mass is 10.2. The van der Waals surface area contributed by atoms with Gasteiger partial charge >= 0.3 is 5.97 Å². The number of nitriles is 1. The van der Waals surface area contributed by atoms with E-state index in [4.69, 9.17) is 4.74 Å². The fourth-order valence-electron chi connectivity index (χ4n) is 3.58. The van der Waals surface area contributed by atoms with E-state index in [1.807, 2.05) is 48.3 Å². The number of thiazole rings is 1. The number of carbonyl (C=O) groups is 2. The highest BCUT2D eigenvalue weighted by Crippen LogP contribution is 2.15. The molecule has 0 aliphatic heterocycles. The molecule has 0 bridgehead atoms. The number of rotatable bonds is 10. The molecule has 3 aromatic rings. The van der Waals surface area contributed by atoms with Crippen LogP contribution in [0.1, 0.15) is 19.4 Å². The number of amides is 1. The van der Waals surface area contributed by atoms with Crippen molar-refractivity contribution in [2.75, 3.05) is 30.8 Å². The Bertz CT molecular complexity index is 1620. The van der Waals surface area contributed by atoms with Gasteiger partial charge in [-0.05, 0) is 44.7 Å². The summed E-state index contributed by atoms with van der Waals surface area (Å²) in [4.78, 5) is 39.2. The first-order chi connectivity index (χ1) is 18.8. The smallest absolute Gasteiger partial charge is 0.357 e. The largest absolute Gasteiger partial charge is 0.461 e. The Hall–Kier alpha value is -4.64. The minimum absolute atomic E-state index is 0.125. The Balaban J connectivity index is 1.75. The molecule has 0 atom stereocenters. The highest BCUT2D eigenvalue weighted by molar-refractivity contribution is 7.07. The molecule has 10 heteroatoms. The van der Waals surface area contributed by atoms with Crippen molar-refractivity contribution >= 4 is 46.1 Å². The van der Waals surface area contributed by atoms with Crippen LogP contribution in [0.25, 0.3) is 11.5 Å². The van der Waals surface area contributed by atoms with Crippen LogP contribution in [0.15, 0.2) is 71.2 Å². The first-order valence-corrected chi connectivity index (χ1v) is 13.1. The van der Waals surface area contributed by atoms with Crippen molar-refractivity contribution in [2.45, 2.75) is 26.9 Å². The van der Waals surface area contributed by atoms with Gasteiger partial charge in [0.25, 0.3) is 5.56 Å². The third kappa shape index (κ3) is 8.44. The molecule has 0 saturated carbocycles. The van der Waals surface area contributed by atoms with Gasteiger partial charge in [-0.2, -0.15) is 5.26 Å². The molecule has 0 unspecified atom stereocenters. The molecule has 3 rings (SSSR count). The van der Waals surface area contributed by atoms with E-state index in [9.17, 15) is 19.6 Å². The SMILES string of the molecule is CCOC(=O)C(=C=c1sc(=C=CNc2cccc(NC(=O)CN(C)Cc3ccccc3)c2)c(=O)n1CC)C#N. The number of hydrogen-bond donors (Lipinski definition) is 2. The first-order valence-electron chi connectivity index (χ1n) is 12.3. The van der Waals surface area contributed by atoms with Crippen molar-refractivity contribution < 1.29 is 14.3 Å². The van der Waals surface area contributed by atoms with Gasteiger partial charge in [-0.1, -0.05) is 59.2 Å². The lowest BCUT2D eigenvalue weighted by molar-refractivity contribution is -0.137. The predicted molar refractivity (Wildman–Crippen MR) is 152 cm³/mol. The Morgan fingerprint density at radius 3 is 2.56 bits per heavy atom. The number of likely N-dealkylation sites (N-methyl/N-ethyl adjacent to an activating group) is 1. The number of nitrogens with one attached hydrogen (secondary N) is 2. The first kappa shape index (κ1) is 28.9. The Morgan fingerprint density at radius 1 is 1.13 bits per heavy atom. The van der Waals surface area contributed by atoms with Gasteiger partial charge in [0.2, 0.25) is 5.91 Å². The summed E-state index contributed by atoms with van der Waals surface area (Å²) in [6, 6.07) is 18.9. The van der Waals surface area contributed by atoms with Gasteiger partial charge in [-0.3, -0.25) is 19.1 Å². The second kappa shape index (κ2) is 14.3. The van der Waals surface area contributed by atoms with Crippen molar-refractivity contribution in [2.24, 2.45) is 0 Å². The molecular weight excluding hydrogens is 514 g/mol. The van der Waals surface area contributed by atoms with E-state index in [1.54, 1.807) is 38.1 Å². The predicted octanol–water partition coefficient (Wildman–Crippen LogP) is 2.40. The number of benzene rings is 2. The van der Waals surface area contributed by atoms with Crippen molar-refractivity contribution in [3.8, 4) is 6.07 Å². The van der Waals surface area contributed by atoms with E-state index in [-0.39, 0.29) is 34.7 Å². The second-order valence-electron chi connectivity index (χ2n) is 8.34. The molecule has 200 valence electrons. The number of nitrogens with zero attached hydrogens (tertiary/aromatic N) is 3. The van der Waals surface area contributed by atoms with E-state index in [0.717, 1.165) is 16.9 Å². The molecule has 0 radical (unpaired) electrons. The van der Waals surface area contributed by atoms with Crippen LogP contribution in [-0.2, 0) is 27.4 Å². The van der Waals surface area contributed by atoms with E-state index in [1.165, 1.54) is 10.8 Å². The van der Waals surface area contributed by atoms with Crippen LogP contribution in [0, 0.1) is 11.3 Å². The zero-order valence-electron chi connectivity index (χ0n) is 22.0. The van der Waals surface area contributed by atoms with Crippen LogP contribution in [-0.4, -0.2) is 41.5 Å². The maximum Gasteiger partial charge on any atom is 0.357 e. The third-order valence-electron chi connectivity index (χ3n) is 5.32. The molecule has 2 N–H and O–H groups in total. The molecule has 9 nitrogen and oxygen atoms in total. The molecule has 1 heterocycles. The average molecular weight is 544 g/mol. The standard InChI is InChI=1S/C29H29N5O4S/c1-4-34-27(16-22(18-30)29(37)38-5-2)39-25(28(34)36)14-15-31-23-12-9-13-24(17-23)32-26(35)20-33(3)19-21-10-7-6-8-11-21/h6-13,15,17,31H,4-5,19-20H2,1-3H3,(H,32,35). The Morgan fingerprint density at radius 2 is 1.87 bits per heavy atom. The molecule has 1 aromatic heterocycles. The summed E-state index contributed by atoms with van der Waals surface area (Å²) in [5.41, 5.74) is 7.44. The fourth-order valence-corrected chi connectivity index (χ4v) is 4.57. The van der Waals surface area contributed by atoms with Crippen LogP contribution < -0.4 is 25.4 Å². The lowest BCUT2D eigenvalue weighted by Crippen LogP contribution is -2.30. The molecule has 0 aliphatic carbocycles. The summed E-state index contributed by atoms with van der Waals surface area (Å²) < 4.78 is 6.87. The van der Waals surface area contributed by atoms with Crippen molar-refractivity contribution in [1.82, 2.24) is 9.47 Å². The van der Waals surface area contributed by atoms with E-state index in [0.29, 0.717) is 29.1 Å². The van der Waals surface area contributed by atoms with Gasteiger partial charge in [0.15, 0.2) is 5.57 Å². The molecule has 0 spiro atoms. The van der Waals surface area contributed by atoms with Gasteiger partial charge in [0, 0.05) is 30.7 Å². The normalized spacial score (nSPS) is 10.1.